The van der Waals surface area contributed by atoms with Crippen LogP contribution in [0.4, 0.5) is 10.6 Å². The lowest BCUT2D eigenvalue weighted by atomic mass is 9.80. The van der Waals surface area contributed by atoms with Crippen molar-refractivity contribution in [3.05, 3.63) is 58.4 Å². The van der Waals surface area contributed by atoms with Gasteiger partial charge >= 0.3 is 6.09 Å². The third-order valence-electron chi connectivity index (χ3n) is 5.76. The number of aromatic nitrogens is 3. The van der Waals surface area contributed by atoms with Crippen LogP contribution in [0, 0.1) is 6.92 Å². The molecule has 3 aromatic rings. The summed E-state index contributed by atoms with van der Waals surface area (Å²) in [6, 6.07) is 3.65. The van der Waals surface area contributed by atoms with Crippen molar-refractivity contribution in [3.63, 3.8) is 0 Å². The molecule has 3 aromatic heterocycles. The first-order chi connectivity index (χ1) is 15.6. The molecule has 1 aliphatic carbocycles. The van der Waals surface area contributed by atoms with E-state index < -0.39 is 11.7 Å². The van der Waals surface area contributed by atoms with Gasteiger partial charge in [-0.25, -0.2) is 9.31 Å². The van der Waals surface area contributed by atoms with Crippen LogP contribution in [-0.4, -0.2) is 32.3 Å². The summed E-state index contributed by atoms with van der Waals surface area (Å²) in [4.78, 5) is 17.0. The lowest BCUT2D eigenvalue weighted by Crippen LogP contribution is -2.43. The van der Waals surface area contributed by atoms with Gasteiger partial charge in [-0.2, -0.15) is 4.98 Å². The van der Waals surface area contributed by atoms with Crippen molar-refractivity contribution in [2.24, 2.45) is 0 Å². The highest BCUT2D eigenvalue weighted by atomic mass is 35.5. The van der Waals surface area contributed by atoms with E-state index in [1.165, 1.54) is 5.57 Å². The summed E-state index contributed by atoms with van der Waals surface area (Å²) in [6.45, 7) is 10.2. The maximum atomic E-state index is 12.5. The highest BCUT2D eigenvalue weighted by molar-refractivity contribution is 6.28. The first-order valence-corrected chi connectivity index (χ1v) is 11.5. The predicted octanol–water partition coefficient (Wildman–Crippen LogP) is 5.61. The Morgan fingerprint density at radius 2 is 2.15 bits per heavy atom. The van der Waals surface area contributed by atoms with Gasteiger partial charge < -0.3 is 19.8 Å². The van der Waals surface area contributed by atoms with Crippen molar-refractivity contribution in [3.8, 4) is 0 Å². The smallest absolute Gasteiger partial charge is 0.407 e. The maximum Gasteiger partial charge on any atom is 0.407 e. The van der Waals surface area contributed by atoms with E-state index in [1.807, 2.05) is 39.1 Å². The third-order valence-corrected chi connectivity index (χ3v) is 5.92. The first-order valence-electron chi connectivity index (χ1n) is 11.1. The molecule has 2 atom stereocenters. The van der Waals surface area contributed by atoms with E-state index in [0.29, 0.717) is 12.4 Å². The molecule has 0 saturated heterocycles. The molecule has 33 heavy (non-hydrogen) atoms. The van der Waals surface area contributed by atoms with E-state index in [4.69, 9.17) is 20.8 Å². The molecule has 0 spiro atoms. The van der Waals surface area contributed by atoms with Gasteiger partial charge in [0.15, 0.2) is 5.82 Å². The first kappa shape index (κ1) is 23.2. The molecule has 1 aliphatic rings. The van der Waals surface area contributed by atoms with Crippen molar-refractivity contribution in [1.82, 2.24) is 19.9 Å². The van der Waals surface area contributed by atoms with Crippen LogP contribution in [0.15, 0.2) is 40.7 Å². The van der Waals surface area contributed by atoms with Gasteiger partial charge in [0.05, 0.1) is 12.8 Å². The van der Waals surface area contributed by atoms with Gasteiger partial charge in [0.2, 0.25) is 5.28 Å². The molecule has 0 saturated carbocycles. The van der Waals surface area contributed by atoms with E-state index in [2.05, 4.69) is 40.6 Å². The Hall–Kier alpha value is -3.00. The number of ether oxygens (including phenoxy) is 1. The SMILES string of the molecule is CC1=CCC(c2cn3nc(Cl)nc(NCc4ccco4)c3c2C)C(NC(=O)OC(C)(C)C)C1. The minimum absolute atomic E-state index is 0.0691. The van der Waals surface area contributed by atoms with Gasteiger partial charge in [-0.15, -0.1) is 5.10 Å². The van der Waals surface area contributed by atoms with Crippen molar-refractivity contribution in [1.29, 1.82) is 0 Å². The van der Waals surface area contributed by atoms with Gasteiger partial charge in [-0.05, 0) is 82.3 Å². The van der Waals surface area contributed by atoms with E-state index in [0.717, 1.165) is 35.2 Å². The molecule has 0 radical (unpaired) electrons. The Labute approximate surface area is 198 Å². The molecule has 3 heterocycles. The van der Waals surface area contributed by atoms with E-state index in [9.17, 15) is 4.79 Å². The number of carbonyl (C=O) groups excluding carboxylic acids is 1. The van der Waals surface area contributed by atoms with Crippen LogP contribution >= 0.6 is 11.6 Å². The number of allylic oxidation sites excluding steroid dienone is 1. The highest BCUT2D eigenvalue weighted by Gasteiger charge is 2.32. The van der Waals surface area contributed by atoms with Crippen LogP contribution in [0.1, 0.15) is 63.3 Å². The Morgan fingerprint density at radius 1 is 1.36 bits per heavy atom. The number of aryl methyl sites for hydroxylation is 1. The molecule has 4 rings (SSSR count). The van der Waals surface area contributed by atoms with Gasteiger partial charge in [0.25, 0.3) is 0 Å². The van der Waals surface area contributed by atoms with E-state index in [-0.39, 0.29) is 17.2 Å². The standard InChI is InChI=1S/C24H30ClN5O3/c1-14-8-9-17(19(11-14)27-23(31)33-24(3,4)5)18-13-30-20(15(18)2)21(28-22(25)29-30)26-12-16-7-6-10-32-16/h6-8,10,13,17,19H,9,11-12H2,1-5H3,(H,27,31)(H,26,28,29). The summed E-state index contributed by atoms with van der Waals surface area (Å²) >= 11 is 6.22. The molecular weight excluding hydrogens is 442 g/mol. The predicted molar refractivity (Wildman–Crippen MR) is 128 cm³/mol. The van der Waals surface area contributed by atoms with E-state index in [1.54, 1.807) is 10.8 Å². The van der Waals surface area contributed by atoms with Crippen LogP contribution in [0.5, 0.6) is 0 Å². The number of hydrogen-bond acceptors (Lipinski definition) is 6. The summed E-state index contributed by atoms with van der Waals surface area (Å²) < 4.78 is 12.7. The van der Waals surface area contributed by atoms with Crippen LogP contribution in [0.3, 0.4) is 0 Å². The molecule has 0 bridgehead atoms. The fraction of sp³-hybridized carbons (Fsp3) is 0.458. The number of carbonyl (C=O) groups is 1. The molecule has 9 heteroatoms. The van der Waals surface area contributed by atoms with Gasteiger partial charge in [-0.1, -0.05) is 11.6 Å². The number of fused-ring (bicyclic) bond motifs is 1. The second-order valence-electron chi connectivity index (χ2n) is 9.51. The zero-order valence-electron chi connectivity index (χ0n) is 19.6. The topological polar surface area (TPSA) is 93.7 Å². The molecule has 0 aliphatic heterocycles. The summed E-state index contributed by atoms with van der Waals surface area (Å²) in [5.74, 6) is 1.50. The number of nitrogens with one attached hydrogen (secondary N) is 2. The number of halogens is 1. The molecule has 176 valence electrons. The number of nitrogens with zero attached hydrogens (tertiary/aromatic N) is 3. The van der Waals surface area contributed by atoms with Crippen molar-refractivity contribution in [2.45, 2.75) is 71.6 Å². The minimum Gasteiger partial charge on any atom is -0.467 e. The third kappa shape index (κ3) is 5.33. The summed E-state index contributed by atoms with van der Waals surface area (Å²) in [5, 5.41) is 10.9. The zero-order valence-corrected chi connectivity index (χ0v) is 20.4. The fourth-order valence-electron chi connectivity index (χ4n) is 4.32. The molecule has 0 fully saturated rings. The van der Waals surface area contributed by atoms with Gasteiger partial charge in [0, 0.05) is 18.2 Å². The second kappa shape index (κ2) is 9.09. The number of anilines is 1. The van der Waals surface area contributed by atoms with Crippen LogP contribution in [-0.2, 0) is 11.3 Å². The lowest BCUT2D eigenvalue weighted by Gasteiger charge is -2.32. The van der Waals surface area contributed by atoms with Crippen molar-refractivity contribution >= 4 is 29.0 Å². The Bertz CT molecular complexity index is 1180. The number of hydrogen-bond donors (Lipinski definition) is 2. The molecular formula is C24H30ClN5O3. The second-order valence-corrected chi connectivity index (χ2v) is 9.85. The summed E-state index contributed by atoms with van der Waals surface area (Å²) in [6.07, 6.45) is 7.01. The van der Waals surface area contributed by atoms with Crippen LogP contribution in [0.2, 0.25) is 5.28 Å². The Kier molecular flexibility index (Phi) is 6.38. The largest absolute Gasteiger partial charge is 0.467 e. The van der Waals surface area contributed by atoms with Crippen molar-refractivity contribution < 1.29 is 13.9 Å². The monoisotopic (exact) mass is 471 g/mol. The maximum absolute atomic E-state index is 12.5. The van der Waals surface area contributed by atoms with Crippen LogP contribution < -0.4 is 10.6 Å². The quantitative estimate of drug-likeness (QED) is 0.469. The van der Waals surface area contributed by atoms with Crippen molar-refractivity contribution in [2.75, 3.05) is 5.32 Å². The molecule has 1 amide bonds. The average Bonchev–Trinajstić information content (AvgIpc) is 3.33. The fourth-order valence-corrected chi connectivity index (χ4v) is 4.49. The Balaban J connectivity index is 1.66. The number of rotatable bonds is 5. The summed E-state index contributed by atoms with van der Waals surface area (Å²) in [5.41, 5.74) is 3.68. The normalized spacial score (nSPS) is 18.8. The molecule has 0 aromatic carbocycles. The number of alkyl carbamates (subject to hydrolysis) is 1. The zero-order chi connectivity index (χ0) is 23.8. The average molecular weight is 472 g/mol. The van der Waals surface area contributed by atoms with Gasteiger partial charge in [-0.3, -0.25) is 0 Å². The highest BCUT2D eigenvalue weighted by Crippen LogP contribution is 2.37. The van der Waals surface area contributed by atoms with Crippen LogP contribution in [0.25, 0.3) is 5.52 Å². The summed E-state index contributed by atoms with van der Waals surface area (Å²) in [7, 11) is 0. The Morgan fingerprint density at radius 3 is 2.85 bits per heavy atom. The van der Waals surface area contributed by atoms with E-state index >= 15 is 0 Å². The lowest BCUT2D eigenvalue weighted by molar-refractivity contribution is 0.0494. The minimum atomic E-state index is -0.555. The number of amides is 1. The number of furan rings is 1. The van der Waals surface area contributed by atoms with Gasteiger partial charge in [0.1, 0.15) is 16.9 Å². The molecule has 8 nitrogen and oxygen atoms in total. The molecule has 2 N–H and O–H groups in total. The molecule has 2 unspecified atom stereocenters.